The van der Waals surface area contributed by atoms with E-state index in [-0.39, 0.29) is 18.7 Å². The predicted molar refractivity (Wildman–Crippen MR) is 74.0 cm³/mol. The Labute approximate surface area is 129 Å². The van der Waals surface area contributed by atoms with Crippen LogP contribution < -0.4 is 5.32 Å². The summed E-state index contributed by atoms with van der Waals surface area (Å²) in [6.07, 6.45) is 2.79. The van der Waals surface area contributed by atoms with Crippen LogP contribution in [0, 0.1) is 11.6 Å². The number of nitrogens with one attached hydrogen (secondary N) is 1. The number of halogens is 2. The Morgan fingerprint density at radius 2 is 2.04 bits per heavy atom. The molecule has 3 amide bonds. The number of carbonyl (C=O) groups excluding carboxylic acids is 2. The van der Waals surface area contributed by atoms with Crippen LogP contribution in [0.5, 0.6) is 0 Å². The third-order valence-electron chi connectivity index (χ3n) is 3.76. The molecule has 2 aromatic rings. The van der Waals surface area contributed by atoms with Gasteiger partial charge in [-0.25, -0.2) is 18.6 Å². The van der Waals surface area contributed by atoms with Gasteiger partial charge < -0.3 is 5.32 Å². The molecule has 9 heteroatoms. The number of amides is 3. The largest absolute Gasteiger partial charge is 0.325 e. The van der Waals surface area contributed by atoms with Crippen molar-refractivity contribution < 1.29 is 18.4 Å². The topological polar surface area (TPSA) is 80.1 Å². The molecule has 7 nitrogen and oxygen atoms in total. The van der Waals surface area contributed by atoms with Gasteiger partial charge >= 0.3 is 6.03 Å². The second kappa shape index (κ2) is 5.41. The number of hydrogen-bond donors (Lipinski definition) is 1. The van der Waals surface area contributed by atoms with E-state index in [1.165, 1.54) is 24.3 Å². The summed E-state index contributed by atoms with van der Waals surface area (Å²) in [5.41, 5.74) is -1.66. The number of benzene rings is 1. The molecule has 1 aliphatic rings. The highest BCUT2D eigenvalue weighted by Gasteiger charge is 2.50. The van der Waals surface area contributed by atoms with Crippen LogP contribution in [0.25, 0.3) is 0 Å². The number of rotatable bonds is 4. The first-order valence-electron chi connectivity index (χ1n) is 6.84. The van der Waals surface area contributed by atoms with Crippen LogP contribution in [0.3, 0.4) is 0 Å². The molecule has 1 aliphatic heterocycles. The van der Waals surface area contributed by atoms with Crippen molar-refractivity contribution >= 4 is 11.9 Å². The van der Waals surface area contributed by atoms with Gasteiger partial charge in [0, 0.05) is 11.6 Å². The molecule has 1 atom stereocenters. The van der Waals surface area contributed by atoms with Crippen LogP contribution in [-0.2, 0) is 16.9 Å². The lowest BCUT2D eigenvalue weighted by Crippen LogP contribution is -2.42. The zero-order valence-electron chi connectivity index (χ0n) is 12.2. The quantitative estimate of drug-likeness (QED) is 0.853. The second-order valence-electron chi connectivity index (χ2n) is 5.29. The van der Waals surface area contributed by atoms with Crippen LogP contribution in [0.4, 0.5) is 13.6 Å². The monoisotopic (exact) mass is 321 g/mol. The van der Waals surface area contributed by atoms with E-state index in [0.717, 1.165) is 17.0 Å². The van der Waals surface area contributed by atoms with Gasteiger partial charge in [0.2, 0.25) is 0 Å². The summed E-state index contributed by atoms with van der Waals surface area (Å²) in [6.45, 7) is 1.71. The summed E-state index contributed by atoms with van der Waals surface area (Å²) in [4.78, 5) is 29.4. The average molecular weight is 321 g/mol. The highest BCUT2D eigenvalue weighted by Crippen LogP contribution is 2.30. The van der Waals surface area contributed by atoms with Crippen molar-refractivity contribution in [3.05, 3.63) is 48.1 Å². The van der Waals surface area contributed by atoms with Crippen LogP contribution in [0.15, 0.2) is 30.9 Å². The summed E-state index contributed by atoms with van der Waals surface area (Å²) >= 11 is 0. The first-order valence-corrected chi connectivity index (χ1v) is 6.84. The van der Waals surface area contributed by atoms with Crippen LogP contribution >= 0.6 is 0 Å². The number of urea groups is 1. The Morgan fingerprint density at radius 3 is 2.70 bits per heavy atom. The van der Waals surface area contributed by atoms with E-state index in [1.54, 1.807) is 0 Å². The molecule has 1 aromatic heterocycles. The highest BCUT2D eigenvalue weighted by atomic mass is 19.1. The van der Waals surface area contributed by atoms with Gasteiger partial charge in [0.05, 0.1) is 13.1 Å². The minimum atomic E-state index is -1.57. The summed E-state index contributed by atoms with van der Waals surface area (Å²) in [7, 11) is 0. The van der Waals surface area contributed by atoms with Crippen LogP contribution in [0.1, 0.15) is 12.5 Å². The standard InChI is InChI=1S/C14H13F2N5O2/c1-14(10-3-2-9(15)6-11(10)16)12(22)21(13(23)19-14)5-4-20-8-17-7-18-20/h2-3,6-8H,4-5H2,1H3,(H,19,23). The summed E-state index contributed by atoms with van der Waals surface area (Å²) < 4.78 is 28.5. The lowest BCUT2D eigenvalue weighted by molar-refractivity contribution is -0.131. The van der Waals surface area contributed by atoms with Crippen molar-refractivity contribution in [2.24, 2.45) is 0 Å². The van der Waals surface area contributed by atoms with E-state index in [2.05, 4.69) is 15.4 Å². The van der Waals surface area contributed by atoms with Crippen molar-refractivity contribution in [3.63, 3.8) is 0 Å². The molecule has 120 valence electrons. The van der Waals surface area contributed by atoms with E-state index < -0.39 is 29.1 Å². The van der Waals surface area contributed by atoms with Gasteiger partial charge in [-0.15, -0.1) is 0 Å². The molecule has 0 saturated carbocycles. The molecule has 0 aliphatic carbocycles. The molecule has 1 saturated heterocycles. The minimum Gasteiger partial charge on any atom is -0.319 e. The third kappa shape index (κ3) is 2.54. The van der Waals surface area contributed by atoms with Gasteiger partial charge in [-0.3, -0.25) is 14.4 Å². The average Bonchev–Trinajstić information content (AvgIpc) is 3.06. The van der Waals surface area contributed by atoms with Gasteiger partial charge in [-0.2, -0.15) is 5.10 Å². The molecule has 0 bridgehead atoms. The third-order valence-corrected chi connectivity index (χ3v) is 3.76. The molecule has 23 heavy (non-hydrogen) atoms. The number of nitrogens with zero attached hydrogens (tertiary/aromatic N) is 4. The SMILES string of the molecule is CC1(c2ccc(F)cc2F)NC(=O)N(CCn2cncn2)C1=O. The zero-order chi connectivity index (χ0) is 16.6. The molecule has 3 rings (SSSR count). The molecule has 0 spiro atoms. The number of carbonyl (C=O) groups is 2. The Morgan fingerprint density at radius 1 is 1.26 bits per heavy atom. The van der Waals surface area contributed by atoms with Crippen molar-refractivity contribution in [2.75, 3.05) is 6.54 Å². The fourth-order valence-electron chi connectivity index (χ4n) is 2.53. The molecule has 2 heterocycles. The maximum atomic E-state index is 14.0. The van der Waals surface area contributed by atoms with E-state index in [9.17, 15) is 18.4 Å². The fourth-order valence-corrected chi connectivity index (χ4v) is 2.53. The normalized spacial score (nSPS) is 20.9. The van der Waals surface area contributed by atoms with Gasteiger partial charge in [-0.1, -0.05) is 6.07 Å². The Hall–Kier alpha value is -2.84. The van der Waals surface area contributed by atoms with E-state index in [0.29, 0.717) is 6.07 Å². The van der Waals surface area contributed by atoms with Crippen molar-refractivity contribution in [2.45, 2.75) is 19.0 Å². The fraction of sp³-hybridized carbons (Fsp3) is 0.286. The second-order valence-corrected chi connectivity index (χ2v) is 5.29. The lowest BCUT2D eigenvalue weighted by Gasteiger charge is -2.22. The number of hydrogen-bond acceptors (Lipinski definition) is 4. The number of imide groups is 1. The highest BCUT2D eigenvalue weighted by molar-refractivity contribution is 6.07. The Bertz CT molecular complexity index is 765. The molecule has 1 aromatic carbocycles. The van der Waals surface area contributed by atoms with E-state index >= 15 is 0 Å². The van der Waals surface area contributed by atoms with Gasteiger partial charge in [0.1, 0.15) is 29.8 Å². The lowest BCUT2D eigenvalue weighted by atomic mass is 9.91. The maximum absolute atomic E-state index is 14.0. The van der Waals surface area contributed by atoms with Crippen LogP contribution in [-0.4, -0.2) is 38.1 Å². The molecule has 0 radical (unpaired) electrons. The molecule has 1 fully saturated rings. The summed E-state index contributed by atoms with van der Waals surface area (Å²) in [5.74, 6) is -2.25. The smallest absolute Gasteiger partial charge is 0.319 e. The van der Waals surface area contributed by atoms with Crippen LogP contribution in [0.2, 0.25) is 0 Å². The van der Waals surface area contributed by atoms with E-state index in [1.807, 2.05) is 0 Å². The van der Waals surface area contributed by atoms with Crippen molar-refractivity contribution in [1.82, 2.24) is 25.0 Å². The predicted octanol–water partition coefficient (Wildman–Crippen LogP) is 1.02. The van der Waals surface area contributed by atoms with Gasteiger partial charge in [-0.05, 0) is 13.0 Å². The molecule has 1 unspecified atom stereocenters. The van der Waals surface area contributed by atoms with E-state index in [4.69, 9.17) is 0 Å². The van der Waals surface area contributed by atoms with Gasteiger partial charge in [0.25, 0.3) is 5.91 Å². The number of aromatic nitrogens is 3. The van der Waals surface area contributed by atoms with Crippen molar-refractivity contribution in [1.29, 1.82) is 0 Å². The molecule has 1 N–H and O–H groups in total. The Balaban J connectivity index is 1.84. The molecular formula is C14H13F2N5O2. The molecular weight excluding hydrogens is 308 g/mol. The Kier molecular flexibility index (Phi) is 3.55. The minimum absolute atomic E-state index is 0.0619. The first-order chi connectivity index (χ1) is 10.9. The summed E-state index contributed by atoms with van der Waals surface area (Å²) in [6, 6.07) is 2.24. The van der Waals surface area contributed by atoms with Gasteiger partial charge in [0.15, 0.2) is 0 Å². The maximum Gasteiger partial charge on any atom is 0.325 e. The summed E-state index contributed by atoms with van der Waals surface area (Å²) in [5, 5.41) is 6.35. The zero-order valence-corrected chi connectivity index (χ0v) is 12.2. The first kappa shape index (κ1) is 15.1. The van der Waals surface area contributed by atoms with Crippen molar-refractivity contribution in [3.8, 4) is 0 Å².